The van der Waals surface area contributed by atoms with Crippen molar-refractivity contribution in [1.29, 1.82) is 0 Å². The van der Waals surface area contributed by atoms with Crippen molar-refractivity contribution < 1.29 is 14.3 Å². The highest BCUT2D eigenvalue weighted by Gasteiger charge is 2.49. The van der Waals surface area contributed by atoms with Crippen molar-refractivity contribution in [1.82, 2.24) is 10.6 Å². The van der Waals surface area contributed by atoms with Crippen molar-refractivity contribution in [3.05, 3.63) is 12.2 Å². The van der Waals surface area contributed by atoms with Crippen molar-refractivity contribution in [2.75, 3.05) is 13.2 Å². The first-order chi connectivity index (χ1) is 6.15. The van der Waals surface area contributed by atoms with E-state index in [1.165, 1.54) is 0 Å². The number of piperazine rings is 1. The molecule has 0 radical (unpaired) electrons. The van der Waals surface area contributed by atoms with Crippen molar-refractivity contribution >= 4 is 11.8 Å². The largest absolute Gasteiger partial charge is 0.343 e. The Morgan fingerprint density at radius 1 is 1.46 bits per heavy atom. The Labute approximate surface area is 75.1 Å². The summed E-state index contributed by atoms with van der Waals surface area (Å²) in [7, 11) is 0. The average molecular weight is 182 g/mol. The van der Waals surface area contributed by atoms with Crippen LogP contribution in [0.4, 0.5) is 0 Å². The van der Waals surface area contributed by atoms with Crippen LogP contribution in [-0.4, -0.2) is 30.7 Å². The average Bonchev–Trinajstić information content (AvgIpc) is 2.43. The Morgan fingerprint density at radius 2 is 2.23 bits per heavy atom. The van der Waals surface area contributed by atoms with Crippen LogP contribution in [0.5, 0.6) is 0 Å². The molecule has 1 atom stereocenters. The molecule has 13 heavy (non-hydrogen) atoms. The predicted molar refractivity (Wildman–Crippen MR) is 43.6 cm³/mol. The molecular formula is C8H10N2O3. The highest BCUT2D eigenvalue weighted by molar-refractivity contribution is 5.99. The Kier molecular flexibility index (Phi) is 1.63. The van der Waals surface area contributed by atoms with Crippen molar-refractivity contribution in [2.45, 2.75) is 12.1 Å². The number of amides is 2. The molecule has 2 fully saturated rings. The van der Waals surface area contributed by atoms with E-state index in [2.05, 4.69) is 17.2 Å². The van der Waals surface area contributed by atoms with Gasteiger partial charge in [-0.1, -0.05) is 6.58 Å². The van der Waals surface area contributed by atoms with Crippen LogP contribution in [0.2, 0.25) is 0 Å². The molecule has 0 saturated carbocycles. The fraction of sp³-hybridized carbons (Fsp3) is 0.500. The molecule has 70 valence electrons. The van der Waals surface area contributed by atoms with E-state index in [0.29, 0.717) is 18.6 Å². The van der Waals surface area contributed by atoms with Gasteiger partial charge in [0.05, 0.1) is 13.2 Å². The number of rotatable bonds is 0. The van der Waals surface area contributed by atoms with Gasteiger partial charge >= 0.3 is 0 Å². The van der Waals surface area contributed by atoms with Crippen LogP contribution in [0, 0.1) is 0 Å². The van der Waals surface area contributed by atoms with E-state index in [9.17, 15) is 9.59 Å². The molecule has 2 amide bonds. The van der Waals surface area contributed by atoms with E-state index in [4.69, 9.17) is 4.74 Å². The molecule has 2 heterocycles. The van der Waals surface area contributed by atoms with E-state index < -0.39 is 5.72 Å². The summed E-state index contributed by atoms with van der Waals surface area (Å²) in [6.45, 7) is 4.15. The molecule has 2 aliphatic rings. The first-order valence-electron chi connectivity index (χ1n) is 4.07. The lowest BCUT2D eigenvalue weighted by molar-refractivity contribution is -0.152. The Bertz CT molecular complexity index is 300. The van der Waals surface area contributed by atoms with Gasteiger partial charge in [0, 0.05) is 0 Å². The van der Waals surface area contributed by atoms with Gasteiger partial charge in [0.1, 0.15) is 0 Å². The summed E-state index contributed by atoms with van der Waals surface area (Å²) in [4.78, 5) is 22.5. The van der Waals surface area contributed by atoms with Gasteiger partial charge in [0.15, 0.2) is 0 Å². The molecule has 2 aliphatic heterocycles. The third-order valence-electron chi connectivity index (χ3n) is 2.27. The van der Waals surface area contributed by atoms with Crippen molar-refractivity contribution in [3.8, 4) is 0 Å². The summed E-state index contributed by atoms with van der Waals surface area (Å²) in [5, 5.41) is 4.98. The minimum atomic E-state index is -1.28. The quantitative estimate of drug-likeness (QED) is 0.467. The van der Waals surface area contributed by atoms with Crippen molar-refractivity contribution in [2.24, 2.45) is 0 Å². The summed E-state index contributed by atoms with van der Waals surface area (Å²) in [6, 6.07) is 0. The maximum Gasteiger partial charge on any atom is 0.278 e. The zero-order valence-corrected chi connectivity index (χ0v) is 7.05. The first kappa shape index (κ1) is 8.25. The van der Waals surface area contributed by atoms with Gasteiger partial charge < -0.3 is 15.4 Å². The van der Waals surface area contributed by atoms with Crippen LogP contribution in [0.1, 0.15) is 6.42 Å². The van der Waals surface area contributed by atoms with Crippen LogP contribution < -0.4 is 10.6 Å². The number of hydrogen-bond donors (Lipinski definition) is 2. The van der Waals surface area contributed by atoms with Gasteiger partial charge in [-0.3, -0.25) is 9.59 Å². The highest BCUT2D eigenvalue weighted by atomic mass is 16.5. The number of ether oxygens (including phenoxy) is 1. The zero-order chi connectivity index (χ0) is 9.47. The lowest BCUT2D eigenvalue weighted by atomic mass is 10.0. The van der Waals surface area contributed by atoms with E-state index in [1.54, 1.807) is 0 Å². The second-order valence-corrected chi connectivity index (χ2v) is 3.11. The Morgan fingerprint density at radius 3 is 2.85 bits per heavy atom. The van der Waals surface area contributed by atoms with Crippen LogP contribution in [0.15, 0.2) is 12.2 Å². The number of carbonyl (C=O) groups is 2. The van der Waals surface area contributed by atoms with Gasteiger partial charge in [-0.2, -0.15) is 0 Å². The normalized spacial score (nSPS) is 33.4. The second-order valence-electron chi connectivity index (χ2n) is 3.11. The summed E-state index contributed by atoms with van der Waals surface area (Å²) in [6.07, 6.45) is 0.605. The fourth-order valence-corrected chi connectivity index (χ4v) is 1.54. The summed E-state index contributed by atoms with van der Waals surface area (Å²) >= 11 is 0. The minimum Gasteiger partial charge on any atom is -0.343 e. The van der Waals surface area contributed by atoms with Crippen LogP contribution in [0.3, 0.4) is 0 Å². The molecule has 0 aromatic heterocycles. The van der Waals surface area contributed by atoms with Crippen LogP contribution >= 0.6 is 0 Å². The summed E-state index contributed by atoms with van der Waals surface area (Å²) in [5.41, 5.74) is -0.673. The molecule has 5 heteroatoms. The molecule has 0 bridgehead atoms. The fourth-order valence-electron chi connectivity index (χ4n) is 1.54. The minimum absolute atomic E-state index is 0.0111. The van der Waals surface area contributed by atoms with E-state index in [0.717, 1.165) is 0 Å². The van der Waals surface area contributed by atoms with Crippen molar-refractivity contribution in [3.63, 3.8) is 0 Å². The molecule has 1 spiro atoms. The third-order valence-corrected chi connectivity index (χ3v) is 2.27. The molecular weight excluding hydrogens is 172 g/mol. The highest BCUT2D eigenvalue weighted by Crippen LogP contribution is 2.28. The summed E-state index contributed by atoms with van der Waals surface area (Å²) < 4.78 is 5.23. The van der Waals surface area contributed by atoms with E-state index in [-0.39, 0.29) is 18.4 Å². The van der Waals surface area contributed by atoms with Gasteiger partial charge in [-0.25, -0.2) is 0 Å². The lowest BCUT2D eigenvalue weighted by Crippen LogP contribution is -2.66. The number of hydrogen-bond acceptors (Lipinski definition) is 3. The Balaban J connectivity index is 2.32. The van der Waals surface area contributed by atoms with Crippen LogP contribution in [0.25, 0.3) is 0 Å². The van der Waals surface area contributed by atoms with E-state index >= 15 is 0 Å². The van der Waals surface area contributed by atoms with E-state index in [1.807, 2.05) is 0 Å². The molecule has 2 saturated heterocycles. The molecule has 0 aromatic rings. The molecule has 2 N–H and O–H groups in total. The third kappa shape index (κ3) is 1.04. The standard InChI is InChI=1S/C8H10N2O3/c1-5-2-3-13-8(5)7(12)9-4-6(11)10-8/h1-4H2,(H,9,12)(H,10,11). The predicted octanol–water partition coefficient (Wildman–Crippen LogP) is -1.09. The monoisotopic (exact) mass is 182 g/mol. The zero-order valence-electron chi connectivity index (χ0n) is 7.05. The molecule has 2 rings (SSSR count). The maximum absolute atomic E-state index is 11.5. The smallest absolute Gasteiger partial charge is 0.278 e. The Hall–Kier alpha value is -1.36. The SMILES string of the molecule is C=C1CCOC12NC(=O)CNC2=O. The topological polar surface area (TPSA) is 67.4 Å². The number of nitrogens with one attached hydrogen (secondary N) is 2. The first-order valence-corrected chi connectivity index (χ1v) is 4.07. The van der Waals surface area contributed by atoms with Gasteiger partial charge in [0.25, 0.3) is 5.91 Å². The molecule has 0 aromatic carbocycles. The lowest BCUT2D eigenvalue weighted by Gasteiger charge is -2.32. The second kappa shape index (κ2) is 2.56. The molecule has 1 unspecified atom stereocenters. The van der Waals surface area contributed by atoms with Gasteiger partial charge in [-0.05, 0) is 12.0 Å². The molecule has 0 aliphatic carbocycles. The van der Waals surface area contributed by atoms with Crippen LogP contribution in [-0.2, 0) is 14.3 Å². The molecule has 5 nitrogen and oxygen atoms in total. The summed E-state index contributed by atoms with van der Waals surface area (Å²) in [5.74, 6) is -0.572. The van der Waals surface area contributed by atoms with Gasteiger partial charge in [0.2, 0.25) is 11.6 Å². The van der Waals surface area contributed by atoms with Gasteiger partial charge in [-0.15, -0.1) is 0 Å². The maximum atomic E-state index is 11.5. The number of carbonyl (C=O) groups excluding carboxylic acids is 2.